The van der Waals surface area contributed by atoms with Gasteiger partial charge in [0.05, 0.1) is 18.2 Å². The zero-order valence-corrected chi connectivity index (χ0v) is 8.64. The van der Waals surface area contributed by atoms with E-state index < -0.39 is 0 Å². The molecule has 0 aliphatic carbocycles. The molecule has 1 aliphatic heterocycles. The van der Waals surface area contributed by atoms with Crippen molar-refractivity contribution in [3.63, 3.8) is 0 Å². The maximum atomic E-state index is 11.4. The fourth-order valence-corrected chi connectivity index (χ4v) is 1.67. The number of likely N-dealkylation sites (tertiary alicyclic amines) is 1. The number of nitrogens with zero attached hydrogens (tertiary/aromatic N) is 2. The Morgan fingerprint density at radius 3 is 2.19 bits per heavy atom. The Balaban J connectivity index is 2.12. The number of carbonyl (C=O) groups excluding carboxylic acids is 2. The molecule has 1 fully saturated rings. The van der Waals surface area contributed by atoms with E-state index in [0.717, 1.165) is 5.56 Å². The van der Waals surface area contributed by atoms with E-state index in [4.69, 9.17) is 5.26 Å². The van der Waals surface area contributed by atoms with Gasteiger partial charge in [0.1, 0.15) is 0 Å². The first-order valence-corrected chi connectivity index (χ1v) is 5.03. The van der Waals surface area contributed by atoms with Gasteiger partial charge in [-0.3, -0.25) is 14.5 Å². The molecule has 4 nitrogen and oxygen atoms in total. The van der Waals surface area contributed by atoms with Gasteiger partial charge in [-0.1, -0.05) is 12.1 Å². The smallest absolute Gasteiger partial charge is 0.229 e. The number of carbonyl (C=O) groups is 2. The number of benzene rings is 1. The number of imide groups is 1. The van der Waals surface area contributed by atoms with Crippen molar-refractivity contribution in [2.45, 2.75) is 19.4 Å². The Morgan fingerprint density at radius 1 is 1.12 bits per heavy atom. The average Bonchev–Trinajstić information content (AvgIpc) is 2.62. The van der Waals surface area contributed by atoms with Crippen LogP contribution < -0.4 is 0 Å². The van der Waals surface area contributed by atoms with Gasteiger partial charge in [0.2, 0.25) is 11.8 Å². The van der Waals surface area contributed by atoms with Crippen molar-refractivity contribution in [3.05, 3.63) is 35.4 Å². The second kappa shape index (κ2) is 4.15. The molecule has 1 heterocycles. The predicted molar refractivity (Wildman–Crippen MR) is 55.9 cm³/mol. The van der Waals surface area contributed by atoms with Crippen LogP contribution in [0.4, 0.5) is 0 Å². The second-order valence-electron chi connectivity index (χ2n) is 3.68. The van der Waals surface area contributed by atoms with Gasteiger partial charge in [0.25, 0.3) is 0 Å². The summed E-state index contributed by atoms with van der Waals surface area (Å²) in [4.78, 5) is 24.0. The molecule has 4 heteroatoms. The monoisotopic (exact) mass is 214 g/mol. The lowest BCUT2D eigenvalue weighted by molar-refractivity contribution is -0.139. The molecule has 16 heavy (non-hydrogen) atoms. The highest BCUT2D eigenvalue weighted by atomic mass is 16.2. The number of amides is 2. The predicted octanol–water partition coefficient (Wildman–Crippen LogP) is 1.21. The fourth-order valence-electron chi connectivity index (χ4n) is 1.67. The molecule has 0 bridgehead atoms. The van der Waals surface area contributed by atoms with Crippen molar-refractivity contribution < 1.29 is 9.59 Å². The standard InChI is InChI=1S/C12H10N2O2/c13-7-9-1-3-10(4-2-9)8-14-11(15)5-6-12(14)16/h1-4H,5-6,8H2. The minimum absolute atomic E-state index is 0.116. The summed E-state index contributed by atoms with van der Waals surface area (Å²) in [6, 6.07) is 8.90. The normalized spacial score (nSPS) is 15.3. The van der Waals surface area contributed by atoms with Crippen LogP contribution >= 0.6 is 0 Å². The lowest BCUT2D eigenvalue weighted by Crippen LogP contribution is -2.28. The molecule has 1 aromatic rings. The molecule has 1 aromatic carbocycles. The molecule has 0 unspecified atom stereocenters. The maximum Gasteiger partial charge on any atom is 0.229 e. The highest BCUT2D eigenvalue weighted by Gasteiger charge is 2.28. The summed E-state index contributed by atoms with van der Waals surface area (Å²) in [5.74, 6) is -0.233. The third kappa shape index (κ3) is 1.94. The molecule has 0 aromatic heterocycles. The van der Waals surface area contributed by atoms with Crippen molar-refractivity contribution in [1.82, 2.24) is 4.90 Å². The summed E-state index contributed by atoms with van der Waals surface area (Å²) in [6.07, 6.45) is 0.629. The highest BCUT2D eigenvalue weighted by Crippen LogP contribution is 2.15. The minimum atomic E-state index is -0.116. The van der Waals surface area contributed by atoms with Gasteiger partial charge in [0.15, 0.2) is 0 Å². The first-order valence-electron chi connectivity index (χ1n) is 5.03. The van der Waals surface area contributed by atoms with Crippen molar-refractivity contribution in [2.75, 3.05) is 0 Å². The Labute approximate surface area is 93.1 Å². The second-order valence-corrected chi connectivity index (χ2v) is 3.68. The largest absolute Gasteiger partial charge is 0.278 e. The summed E-state index contributed by atoms with van der Waals surface area (Å²) in [6.45, 7) is 0.309. The van der Waals surface area contributed by atoms with Gasteiger partial charge < -0.3 is 0 Å². The highest BCUT2D eigenvalue weighted by molar-refractivity contribution is 6.01. The van der Waals surface area contributed by atoms with Crippen LogP contribution in [-0.2, 0) is 16.1 Å². The van der Waals surface area contributed by atoms with Crippen LogP contribution in [-0.4, -0.2) is 16.7 Å². The van der Waals surface area contributed by atoms with Crippen LogP contribution in [0.2, 0.25) is 0 Å². The van der Waals surface area contributed by atoms with E-state index in [9.17, 15) is 9.59 Å². The molecule has 1 aliphatic rings. The van der Waals surface area contributed by atoms with Gasteiger partial charge in [-0.25, -0.2) is 0 Å². The molecule has 2 rings (SSSR count). The number of nitriles is 1. The van der Waals surface area contributed by atoms with Crippen LogP contribution in [0.15, 0.2) is 24.3 Å². The van der Waals surface area contributed by atoms with Crippen molar-refractivity contribution in [1.29, 1.82) is 5.26 Å². The molecular weight excluding hydrogens is 204 g/mol. The summed E-state index contributed by atoms with van der Waals surface area (Å²) >= 11 is 0. The first-order chi connectivity index (χ1) is 7.70. The van der Waals surface area contributed by atoms with Crippen molar-refractivity contribution in [2.24, 2.45) is 0 Å². The number of hydrogen-bond donors (Lipinski definition) is 0. The quantitative estimate of drug-likeness (QED) is 0.695. The van der Waals surface area contributed by atoms with Gasteiger partial charge in [-0.05, 0) is 17.7 Å². The first kappa shape index (κ1) is 10.4. The molecule has 0 radical (unpaired) electrons. The topological polar surface area (TPSA) is 61.2 Å². The summed E-state index contributed by atoms with van der Waals surface area (Å²) in [7, 11) is 0. The third-order valence-corrected chi connectivity index (χ3v) is 2.58. The fraction of sp³-hybridized carbons (Fsp3) is 0.250. The van der Waals surface area contributed by atoms with Crippen molar-refractivity contribution in [3.8, 4) is 6.07 Å². The van der Waals surface area contributed by atoms with Gasteiger partial charge in [0, 0.05) is 12.8 Å². The zero-order chi connectivity index (χ0) is 11.5. The summed E-state index contributed by atoms with van der Waals surface area (Å²) < 4.78 is 0. The Kier molecular flexibility index (Phi) is 2.69. The van der Waals surface area contributed by atoms with E-state index in [1.165, 1.54) is 4.90 Å². The third-order valence-electron chi connectivity index (χ3n) is 2.58. The van der Waals surface area contributed by atoms with Crippen molar-refractivity contribution >= 4 is 11.8 Å². The Morgan fingerprint density at radius 2 is 1.69 bits per heavy atom. The van der Waals surface area contributed by atoms with Gasteiger partial charge in [-0.15, -0.1) is 0 Å². The lowest BCUT2D eigenvalue weighted by Gasteiger charge is -2.13. The van der Waals surface area contributed by atoms with E-state index in [-0.39, 0.29) is 11.8 Å². The SMILES string of the molecule is N#Cc1ccc(CN2C(=O)CCC2=O)cc1. The Hall–Kier alpha value is -2.15. The van der Waals surface area contributed by atoms with Crippen LogP contribution in [0.25, 0.3) is 0 Å². The summed E-state index contributed by atoms with van der Waals surface area (Å²) in [5.41, 5.74) is 1.44. The Bertz CT molecular complexity index is 455. The molecule has 0 atom stereocenters. The van der Waals surface area contributed by atoms with Crippen LogP contribution in [0.3, 0.4) is 0 Å². The molecule has 1 saturated heterocycles. The van der Waals surface area contributed by atoms with Gasteiger partial charge >= 0.3 is 0 Å². The lowest BCUT2D eigenvalue weighted by atomic mass is 10.1. The minimum Gasteiger partial charge on any atom is -0.278 e. The number of hydrogen-bond acceptors (Lipinski definition) is 3. The van der Waals surface area contributed by atoms with Crippen LogP contribution in [0.1, 0.15) is 24.0 Å². The van der Waals surface area contributed by atoms with E-state index in [0.29, 0.717) is 24.9 Å². The molecule has 0 N–H and O–H groups in total. The van der Waals surface area contributed by atoms with E-state index in [1.54, 1.807) is 24.3 Å². The maximum absolute atomic E-state index is 11.4. The average molecular weight is 214 g/mol. The molecule has 80 valence electrons. The number of rotatable bonds is 2. The summed E-state index contributed by atoms with van der Waals surface area (Å²) in [5, 5.41) is 8.63. The van der Waals surface area contributed by atoms with Gasteiger partial charge in [-0.2, -0.15) is 5.26 Å². The van der Waals surface area contributed by atoms with E-state index in [2.05, 4.69) is 0 Å². The van der Waals surface area contributed by atoms with E-state index in [1.807, 2.05) is 6.07 Å². The van der Waals surface area contributed by atoms with Crippen LogP contribution in [0, 0.1) is 11.3 Å². The molecule has 0 spiro atoms. The zero-order valence-electron chi connectivity index (χ0n) is 8.64. The van der Waals surface area contributed by atoms with Crippen LogP contribution in [0.5, 0.6) is 0 Å². The molecule has 2 amide bonds. The van der Waals surface area contributed by atoms with E-state index >= 15 is 0 Å². The molecular formula is C12H10N2O2. The molecule has 0 saturated carbocycles.